The fourth-order valence-electron chi connectivity index (χ4n) is 3.21. The van der Waals surface area contributed by atoms with Crippen molar-refractivity contribution in [2.24, 2.45) is 0 Å². The maximum Gasteiger partial charge on any atom is 0.0212 e. The molecule has 1 saturated heterocycles. The Labute approximate surface area is 112 Å². The van der Waals surface area contributed by atoms with E-state index in [4.69, 9.17) is 0 Å². The van der Waals surface area contributed by atoms with E-state index in [0.29, 0.717) is 6.04 Å². The Morgan fingerprint density at radius 1 is 1.18 bits per heavy atom. The maximum atomic E-state index is 3.76. The predicted octanol–water partition coefficient (Wildman–Crippen LogP) is 3.62. The van der Waals surface area contributed by atoms with Gasteiger partial charge in [-0.2, -0.15) is 0 Å². The van der Waals surface area contributed by atoms with Crippen LogP contribution in [-0.2, 0) is 19.3 Å². The lowest BCUT2D eigenvalue weighted by molar-refractivity contribution is 0.601. The minimum atomic E-state index is 0.712. The molecule has 2 aliphatic rings. The van der Waals surface area contributed by atoms with E-state index in [-0.39, 0.29) is 0 Å². The van der Waals surface area contributed by atoms with Crippen LogP contribution in [0.4, 0.5) is 0 Å². The number of aryl methyl sites for hydroxylation is 1. The molecule has 0 aromatic heterocycles. The summed E-state index contributed by atoms with van der Waals surface area (Å²) in [6.45, 7) is 1.21. The van der Waals surface area contributed by atoms with Crippen molar-refractivity contribution in [2.75, 3.05) is 6.54 Å². The third-order valence-corrected chi connectivity index (χ3v) is 4.82. The summed E-state index contributed by atoms with van der Waals surface area (Å²) in [7, 11) is 0. The quantitative estimate of drug-likeness (QED) is 0.878. The van der Waals surface area contributed by atoms with Crippen molar-refractivity contribution in [3.05, 3.63) is 33.3 Å². The Kier molecular flexibility index (Phi) is 3.53. The van der Waals surface area contributed by atoms with Gasteiger partial charge < -0.3 is 5.32 Å². The number of rotatable bonds is 2. The second-order valence-corrected chi connectivity index (χ2v) is 6.27. The number of fused-ring (bicyclic) bond motifs is 1. The van der Waals surface area contributed by atoms with Gasteiger partial charge in [0.05, 0.1) is 0 Å². The average Bonchev–Trinajstić information content (AvgIpc) is 2.82. The van der Waals surface area contributed by atoms with Crippen LogP contribution < -0.4 is 5.32 Å². The Hall–Kier alpha value is -0.340. The monoisotopic (exact) mass is 293 g/mol. The number of nitrogens with one attached hydrogen (secondary N) is 1. The zero-order valence-electron chi connectivity index (χ0n) is 10.3. The molecule has 0 radical (unpaired) electrons. The van der Waals surface area contributed by atoms with Crippen molar-refractivity contribution in [1.29, 1.82) is 0 Å². The lowest BCUT2D eigenvalue weighted by atomic mass is 9.89. The minimum Gasteiger partial charge on any atom is -0.314 e. The van der Waals surface area contributed by atoms with Crippen molar-refractivity contribution in [1.82, 2.24) is 5.32 Å². The molecule has 1 aromatic carbocycles. The molecule has 1 aliphatic carbocycles. The minimum absolute atomic E-state index is 0.712. The van der Waals surface area contributed by atoms with Crippen LogP contribution in [0.25, 0.3) is 0 Å². The lowest BCUT2D eigenvalue weighted by Gasteiger charge is -2.20. The Balaban J connectivity index is 1.82. The zero-order chi connectivity index (χ0) is 11.7. The fourth-order valence-corrected chi connectivity index (χ4v) is 3.96. The summed E-state index contributed by atoms with van der Waals surface area (Å²) in [6.07, 6.45) is 9.15. The first-order chi connectivity index (χ1) is 8.33. The van der Waals surface area contributed by atoms with Crippen LogP contribution in [0.3, 0.4) is 0 Å². The number of hydrogen-bond donors (Lipinski definition) is 1. The Bertz CT molecular complexity index is 408. The Morgan fingerprint density at radius 3 is 2.88 bits per heavy atom. The van der Waals surface area contributed by atoms with Gasteiger partial charge in [0.25, 0.3) is 0 Å². The third-order valence-electron chi connectivity index (χ3n) is 4.12. The molecule has 1 unspecified atom stereocenters. The highest BCUT2D eigenvalue weighted by Gasteiger charge is 2.17. The SMILES string of the molecule is Brc1cc(CC2CCCN2)cc2c1CCCC2. The van der Waals surface area contributed by atoms with Gasteiger partial charge in [0.1, 0.15) is 0 Å². The molecular formula is C15H20BrN. The van der Waals surface area contributed by atoms with Gasteiger partial charge in [-0.15, -0.1) is 0 Å². The largest absolute Gasteiger partial charge is 0.314 e. The molecule has 3 rings (SSSR count). The van der Waals surface area contributed by atoms with Crippen LogP contribution in [-0.4, -0.2) is 12.6 Å². The highest BCUT2D eigenvalue weighted by molar-refractivity contribution is 9.10. The summed E-state index contributed by atoms with van der Waals surface area (Å²) >= 11 is 3.76. The molecular weight excluding hydrogens is 274 g/mol. The molecule has 1 nitrogen and oxygen atoms in total. The van der Waals surface area contributed by atoms with Gasteiger partial charge >= 0.3 is 0 Å². The van der Waals surface area contributed by atoms with Crippen LogP contribution >= 0.6 is 15.9 Å². The highest BCUT2D eigenvalue weighted by Crippen LogP contribution is 2.30. The molecule has 92 valence electrons. The third kappa shape index (κ3) is 2.58. The van der Waals surface area contributed by atoms with Crippen LogP contribution in [0.2, 0.25) is 0 Å². The van der Waals surface area contributed by atoms with Crippen molar-refractivity contribution in [2.45, 2.75) is 51.0 Å². The van der Waals surface area contributed by atoms with E-state index in [0.717, 1.165) is 0 Å². The molecule has 0 bridgehead atoms. The fraction of sp³-hybridized carbons (Fsp3) is 0.600. The zero-order valence-corrected chi connectivity index (χ0v) is 11.9. The first-order valence-corrected chi connectivity index (χ1v) is 7.66. The van der Waals surface area contributed by atoms with E-state index in [2.05, 4.69) is 33.4 Å². The average molecular weight is 294 g/mol. The van der Waals surface area contributed by atoms with E-state index in [1.165, 1.54) is 61.5 Å². The van der Waals surface area contributed by atoms with Crippen LogP contribution in [0.5, 0.6) is 0 Å². The number of hydrogen-bond acceptors (Lipinski definition) is 1. The first-order valence-electron chi connectivity index (χ1n) is 6.86. The molecule has 0 amide bonds. The molecule has 1 N–H and O–H groups in total. The second kappa shape index (κ2) is 5.11. The van der Waals surface area contributed by atoms with Crippen LogP contribution in [0.1, 0.15) is 42.4 Å². The Morgan fingerprint density at radius 2 is 2.06 bits per heavy atom. The molecule has 1 heterocycles. The summed E-state index contributed by atoms with van der Waals surface area (Å²) in [5.41, 5.74) is 4.68. The standard InChI is InChI=1S/C15H20BrN/c16-15-10-11(9-13-5-3-7-17-13)8-12-4-1-2-6-14(12)15/h8,10,13,17H,1-7,9H2. The van der Waals surface area contributed by atoms with E-state index in [1.54, 1.807) is 11.1 Å². The summed E-state index contributed by atoms with van der Waals surface area (Å²) in [5, 5.41) is 3.59. The summed E-state index contributed by atoms with van der Waals surface area (Å²) in [5.74, 6) is 0. The van der Waals surface area contributed by atoms with Crippen LogP contribution in [0.15, 0.2) is 16.6 Å². The molecule has 2 heteroatoms. The van der Waals surface area contributed by atoms with Crippen molar-refractivity contribution < 1.29 is 0 Å². The smallest absolute Gasteiger partial charge is 0.0212 e. The molecule has 1 fully saturated rings. The van der Waals surface area contributed by atoms with E-state index < -0.39 is 0 Å². The van der Waals surface area contributed by atoms with Gasteiger partial charge in [0.2, 0.25) is 0 Å². The van der Waals surface area contributed by atoms with Gasteiger partial charge in [-0.3, -0.25) is 0 Å². The maximum absolute atomic E-state index is 3.76. The highest BCUT2D eigenvalue weighted by atomic mass is 79.9. The summed E-state index contributed by atoms with van der Waals surface area (Å²) in [4.78, 5) is 0. The topological polar surface area (TPSA) is 12.0 Å². The molecule has 0 saturated carbocycles. The van der Waals surface area contributed by atoms with Gasteiger partial charge in [0, 0.05) is 10.5 Å². The predicted molar refractivity (Wildman–Crippen MR) is 75.5 cm³/mol. The summed E-state index contributed by atoms with van der Waals surface area (Å²) < 4.78 is 1.35. The van der Waals surface area contributed by atoms with Gasteiger partial charge in [-0.25, -0.2) is 0 Å². The number of halogens is 1. The molecule has 1 aliphatic heterocycles. The molecule has 17 heavy (non-hydrogen) atoms. The van der Waals surface area contributed by atoms with E-state index >= 15 is 0 Å². The van der Waals surface area contributed by atoms with Crippen LogP contribution in [0, 0.1) is 0 Å². The van der Waals surface area contributed by atoms with E-state index in [9.17, 15) is 0 Å². The van der Waals surface area contributed by atoms with Crippen molar-refractivity contribution in [3.63, 3.8) is 0 Å². The van der Waals surface area contributed by atoms with Gasteiger partial charge in [-0.1, -0.05) is 22.0 Å². The summed E-state index contributed by atoms with van der Waals surface area (Å²) in [6, 6.07) is 5.52. The van der Waals surface area contributed by atoms with E-state index in [1.807, 2.05) is 0 Å². The van der Waals surface area contributed by atoms with Gasteiger partial charge in [-0.05, 0) is 74.2 Å². The molecule has 1 atom stereocenters. The molecule has 0 spiro atoms. The van der Waals surface area contributed by atoms with Crippen molar-refractivity contribution in [3.8, 4) is 0 Å². The first kappa shape index (κ1) is 11.7. The van der Waals surface area contributed by atoms with Crippen molar-refractivity contribution >= 4 is 15.9 Å². The number of benzene rings is 1. The second-order valence-electron chi connectivity index (χ2n) is 5.42. The lowest BCUT2D eigenvalue weighted by Crippen LogP contribution is -2.23. The molecule has 1 aromatic rings. The normalized spacial score (nSPS) is 23.7. The van der Waals surface area contributed by atoms with Gasteiger partial charge in [0.15, 0.2) is 0 Å².